The quantitative estimate of drug-likeness (QED) is 0.0320. The number of unbranched alkanes of at least 4 members (excludes halogenated alkanes) is 55. The van der Waals surface area contributed by atoms with Gasteiger partial charge in [0.2, 0.25) is 5.91 Å². The van der Waals surface area contributed by atoms with E-state index in [1.54, 1.807) is 0 Å². The van der Waals surface area contributed by atoms with Crippen LogP contribution in [0.15, 0.2) is 12.2 Å². The number of ether oxygens (including phenoxy) is 1. The summed E-state index contributed by atoms with van der Waals surface area (Å²) < 4.78 is 5.51. The van der Waals surface area contributed by atoms with Crippen molar-refractivity contribution in [3.63, 3.8) is 0 Å². The first kappa shape index (κ1) is 76.6. The van der Waals surface area contributed by atoms with Gasteiger partial charge < -0.3 is 20.3 Å². The molecule has 1 amide bonds. The third-order valence-corrected chi connectivity index (χ3v) is 17.1. The molecule has 0 rings (SSSR count). The molecule has 0 radical (unpaired) electrons. The van der Waals surface area contributed by atoms with Crippen molar-refractivity contribution in [1.82, 2.24) is 5.32 Å². The zero-order valence-electron chi connectivity index (χ0n) is 53.2. The Morgan fingerprint density at radius 2 is 0.603 bits per heavy atom. The van der Waals surface area contributed by atoms with Gasteiger partial charge in [-0.15, -0.1) is 0 Å². The fourth-order valence-corrected chi connectivity index (χ4v) is 11.6. The summed E-state index contributed by atoms with van der Waals surface area (Å²) in [6.07, 6.45) is 84.2. The summed E-state index contributed by atoms with van der Waals surface area (Å²) in [7, 11) is 0. The molecule has 0 spiro atoms. The average molecular weight is 1100 g/mol. The SMILES string of the molecule is CCCCCCCCCCCCCCCCCCCCC(=O)OCCCCCCCCCCCCCC/C=C\CCCCCCCCCCCCCCCCC(=O)NC(CO)C(O)CCCCCCCCCCCCCCC. The molecule has 0 aliphatic rings. The molecule has 0 saturated carbocycles. The van der Waals surface area contributed by atoms with Gasteiger partial charge in [-0.2, -0.15) is 0 Å². The highest BCUT2D eigenvalue weighted by Crippen LogP contribution is 2.19. The summed E-state index contributed by atoms with van der Waals surface area (Å²) in [5.41, 5.74) is 0. The number of aliphatic hydroxyl groups excluding tert-OH is 2. The van der Waals surface area contributed by atoms with Gasteiger partial charge in [-0.3, -0.25) is 9.59 Å². The number of nitrogens with one attached hydrogen (secondary N) is 1. The molecule has 6 nitrogen and oxygen atoms in total. The van der Waals surface area contributed by atoms with E-state index < -0.39 is 12.1 Å². The number of hydrogen-bond donors (Lipinski definition) is 3. The van der Waals surface area contributed by atoms with Crippen molar-refractivity contribution in [2.24, 2.45) is 0 Å². The van der Waals surface area contributed by atoms with Crippen LogP contribution in [0.3, 0.4) is 0 Å². The summed E-state index contributed by atoms with van der Waals surface area (Å²) in [6, 6.07) is -0.539. The third kappa shape index (κ3) is 63.8. The van der Waals surface area contributed by atoms with Crippen molar-refractivity contribution in [2.75, 3.05) is 13.2 Å². The second-order valence-electron chi connectivity index (χ2n) is 24.9. The molecular formula is C72H141NO5. The minimum atomic E-state index is -0.662. The molecule has 0 bridgehead atoms. The average Bonchev–Trinajstić information content (AvgIpc) is 3.44. The molecule has 3 N–H and O–H groups in total. The Labute approximate surface area is 489 Å². The number of carbonyl (C=O) groups excluding carboxylic acids is 2. The first-order chi connectivity index (χ1) is 38.5. The third-order valence-electron chi connectivity index (χ3n) is 17.1. The van der Waals surface area contributed by atoms with Crippen molar-refractivity contribution >= 4 is 11.9 Å². The highest BCUT2D eigenvalue weighted by molar-refractivity contribution is 5.76. The Bertz CT molecular complexity index is 1180. The molecular weight excluding hydrogens is 959 g/mol. The van der Waals surface area contributed by atoms with Crippen LogP contribution in [-0.2, 0) is 14.3 Å². The maximum atomic E-state index is 12.5. The van der Waals surface area contributed by atoms with Crippen LogP contribution in [0.2, 0.25) is 0 Å². The van der Waals surface area contributed by atoms with Crippen LogP contribution in [0, 0.1) is 0 Å². The molecule has 0 fully saturated rings. The van der Waals surface area contributed by atoms with E-state index in [1.165, 1.54) is 340 Å². The van der Waals surface area contributed by atoms with Gasteiger partial charge >= 0.3 is 5.97 Å². The largest absolute Gasteiger partial charge is 0.466 e. The second-order valence-corrected chi connectivity index (χ2v) is 24.9. The minimum Gasteiger partial charge on any atom is -0.466 e. The molecule has 6 heteroatoms. The predicted octanol–water partition coefficient (Wildman–Crippen LogP) is 23.1. The highest BCUT2D eigenvalue weighted by atomic mass is 16.5. The lowest BCUT2D eigenvalue weighted by molar-refractivity contribution is -0.143. The molecule has 78 heavy (non-hydrogen) atoms. The zero-order valence-corrected chi connectivity index (χ0v) is 53.2. The normalized spacial score (nSPS) is 12.5. The summed E-state index contributed by atoms with van der Waals surface area (Å²) >= 11 is 0. The lowest BCUT2D eigenvalue weighted by Gasteiger charge is -2.22. The summed E-state index contributed by atoms with van der Waals surface area (Å²) in [4.78, 5) is 24.6. The van der Waals surface area contributed by atoms with E-state index in [-0.39, 0.29) is 18.5 Å². The molecule has 0 heterocycles. The monoisotopic (exact) mass is 1100 g/mol. The molecule has 0 aromatic rings. The van der Waals surface area contributed by atoms with Gasteiger partial charge in [0.1, 0.15) is 0 Å². The number of esters is 1. The van der Waals surface area contributed by atoms with E-state index >= 15 is 0 Å². The number of aliphatic hydroxyl groups is 2. The molecule has 0 saturated heterocycles. The Hall–Kier alpha value is -1.40. The first-order valence-corrected chi connectivity index (χ1v) is 35.9. The summed E-state index contributed by atoms with van der Waals surface area (Å²) in [5, 5.41) is 23.3. The number of allylic oxidation sites excluding steroid dienone is 2. The fourth-order valence-electron chi connectivity index (χ4n) is 11.6. The Kier molecular flexibility index (Phi) is 66.9. The number of carbonyl (C=O) groups is 2. The molecule has 464 valence electrons. The van der Waals surface area contributed by atoms with Crippen molar-refractivity contribution in [3.05, 3.63) is 12.2 Å². The standard InChI is InChI=1S/C72H141NO5/c1-3-5-7-9-11-13-15-17-18-19-35-38-42-46-50-54-58-62-66-72(77)78-67-63-59-55-51-47-43-39-36-33-31-29-27-25-23-21-20-22-24-26-28-30-32-34-37-41-45-49-53-57-61-65-71(76)73-69(68-74)70(75)64-60-56-52-48-44-40-16-14-12-10-8-6-4-2/h21,23,69-70,74-75H,3-20,22,24-68H2,1-2H3,(H,73,76)/b23-21-. The van der Waals surface area contributed by atoms with E-state index in [1.807, 2.05) is 0 Å². The smallest absolute Gasteiger partial charge is 0.305 e. The van der Waals surface area contributed by atoms with Crippen LogP contribution in [0.4, 0.5) is 0 Å². The Morgan fingerprint density at radius 3 is 0.910 bits per heavy atom. The highest BCUT2D eigenvalue weighted by Gasteiger charge is 2.20. The van der Waals surface area contributed by atoms with Gasteiger partial charge in [0.25, 0.3) is 0 Å². The molecule has 0 aromatic carbocycles. The van der Waals surface area contributed by atoms with Gasteiger partial charge in [-0.25, -0.2) is 0 Å². The van der Waals surface area contributed by atoms with Crippen LogP contribution in [0.25, 0.3) is 0 Å². The van der Waals surface area contributed by atoms with Crippen LogP contribution in [0.1, 0.15) is 412 Å². The fraction of sp³-hybridized carbons (Fsp3) is 0.944. The van der Waals surface area contributed by atoms with Crippen LogP contribution in [0.5, 0.6) is 0 Å². The van der Waals surface area contributed by atoms with Crippen molar-refractivity contribution in [1.29, 1.82) is 0 Å². The van der Waals surface area contributed by atoms with E-state index in [9.17, 15) is 19.8 Å². The van der Waals surface area contributed by atoms with E-state index in [2.05, 4.69) is 31.3 Å². The number of hydrogen-bond acceptors (Lipinski definition) is 5. The number of rotatable bonds is 68. The van der Waals surface area contributed by atoms with Gasteiger partial charge in [0.05, 0.1) is 25.4 Å². The zero-order chi connectivity index (χ0) is 56.4. The first-order valence-electron chi connectivity index (χ1n) is 35.9. The van der Waals surface area contributed by atoms with Crippen LogP contribution >= 0.6 is 0 Å². The molecule has 0 aromatic heterocycles. The maximum Gasteiger partial charge on any atom is 0.305 e. The van der Waals surface area contributed by atoms with Crippen LogP contribution < -0.4 is 5.32 Å². The molecule has 2 unspecified atom stereocenters. The predicted molar refractivity (Wildman–Crippen MR) is 343 cm³/mol. The Morgan fingerprint density at radius 1 is 0.346 bits per heavy atom. The lowest BCUT2D eigenvalue weighted by atomic mass is 10.0. The van der Waals surface area contributed by atoms with Gasteiger partial charge in [0, 0.05) is 12.8 Å². The second kappa shape index (κ2) is 68.1. The lowest BCUT2D eigenvalue weighted by Crippen LogP contribution is -2.45. The molecule has 2 atom stereocenters. The van der Waals surface area contributed by atoms with Crippen molar-refractivity contribution in [2.45, 2.75) is 424 Å². The Balaban J connectivity index is 3.33. The molecule has 0 aliphatic carbocycles. The minimum absolute atomic E-state index is 0.0225. The van der Waals surface area contributed by atoms with Gasteiger partial charge in [-0.05, 0) is 51.4 Å². The summed E-state index contributed by atoms with van der Waals surface area (Å²) in [6.45, 7) is 4.99. The van der Waals surface area contributed by atoms with E-state index in [4.69, 9.17) is 4.74 Å². The van der Waals surface area contributed by atoms with E-state index in [0.29, 0.717) is 25.9 Å². The van der Waals surface area contributed by atoms with Gasteiger partial charge in [-0.1, -0.05) is 360 Å². The van der Waals surface area contributed by atoms with Gasteiger partial charge in [0.15, 0.2) is 0 Å². The number of amides is 1. The molecule has 0 aliphatic heterocycles. The summed E-state index contributed by atoms with van der Waals surface area (Å²) in [5.74, 6) is -0.00852. The maximum absolute atomic E-state index is 12.5. The van der Waals surface area contributed by atoms with E-state index in [0.717, 1.165) is 38.5 Å². The van der Waals surface area contributed by atoms with Crippen molar-refractivity contribution < 1.29 is 24.5 Å². The topological polar surface area (TPSA) is 95.9 Å². The van der Waals surface area contributed by atoms with Crippen LogP contribution in [-0.4, -0.2) is 47.4 Å². The van der Waals surface area contributed by atoms with Crippen molar-refractivity contribution in [3.8, 4) is 0 Å².